The fraction of sp³-hybridized carbons (Fsp3) is 0.429. The number of carbonyl (C=O) groups is 2. The fourth-order valence-corrected chi connectivity index (χ4v) is 3.91. The van der Waals surface area contributed by atoms with Crippen molar-refractivity contribution < 1.29 is 9.59 Å². The van der Waals surface area contributed by atoms with Crippen LogP contribution < -0.4 is 5.32 Å². The maximum atomic E-state index is 12.7. The lowest BCUT2D eigenvalue weighted by atomic mass is 10.2. The molecule has 8 heteroatoms. The van der Waals surface area contributed by atoms with Gasteiger partial charge in [-0.15, -0.1) is 0 Å². The third-order valence-electron chi connectivity index (χ3n) is 5.70. The van der Waals surface area contributed by atoms with Crippen molar-refractivity contribution in [2.75, 3.05) is 25.5 Å². The van der Waals surface area contributed by atoms with E-state index in [9.17, 15) is 9.59 Å². The standard InChI is InChI=1S/C21H26N6O2/c1-15-17(6-3-9-22-15)24-21(29)18-13-23-19-14-26(11-12-27(18)19)20(28)8-7-16-5-4-10-25(16)2/h3,6-9,13,16H,4-5,10-12,14H2,1-2H3,(H,24,29)/b8-7+. The Morgan fingerprint density at radius 3 is 2.86 bits per heavy atom. The van der Waals surface area contributed by atoms with Gasteiger partial charge in [0.15, 0.2) is 0 Å². The molecule has 0 aromatic carbocycles. The molecule has 0 aliphatic carbocycles. The normalized spacial score (nSPS) is 19.5. The molecule has 2 amide bonds. The van der Waals surface area contributed by atoms with Crippen LogP contribution in [0.4, 0.5) is 5.69 Å². The summed E-state index contributed by atoms with van der Waals surface area (Å²) < 4.78 is 1.89. The quantitative estimate of drug-likeness (QED) is 0.800. The maximum Gasteiger partial charge on any atom is 0.273 e. The SMILES string of the molecule is Cc1ncccc1NC(=O)c1cnc2n1CCN(C(=O)/C=C/C1CCCN1C)C2. The first-order chi connectivity index (χ1) is 14.0. The molecule has 1 N–H and O–H groups in total. The smallest absolute Gasteiger partial charge is 0.273 e. The van der Waals surface area contributed by atoms with Crippen LogP contribution in [0.2, 0.25) is 0 Å². The minimum absolute atomic E-state index is 0.00321. The number of likely N-dealkylation sites (N-methyl/N-ethyl adjacent to an activating group) is 1. The van der Waals surface area contributed by atoms with Crippen LogP contribution in [0.15, 0.2) is 36.7 Å². The van der Waals surface area contributed by atoms with E-state index in [-0.39, 0.29) is 11.8 Å². The van der Waals surface area contributed by atoms with Gasteiger partial charge in [0.05, 0.1) is 24.1 Å². The van der Waals surface area contributed by atoms with Gasteiger partial charge in [-0.3, -0.25) is 19.5 Å². The van der Waals surface area contributed by atoms with Crippen LogP contribution in [0.1, 0.15) is 34.8 Å². The summed E-state index contributed by atoms with van der Waals surface area (Å²) >= 11 is 0. The van der Waals surface area contributed by atoms with Gasteiger partial charge in [-0.2, -0.15) is 0 Å². The van der Waals surface area contributed by atoms with E-state index in [1.54, 1.807) is 29.4 Å². The minimum Gasteiger partial charge on any atom is -0.330 e. The predicted octanol–water partition coefficient (Wildman–Crippen LogP) is 1.83. The van der Waals surface area contributed by atoms with E-state index in [1.807, 2.05) is 23.6 Å². The number of imidazole rings is 1. The van der Waals surface area contributed by atoms with E-state index in [0.29, 0.717) is 37.1 Å². The van der Waals surface area contributed by atoms with Crippen molar-refractivity contribution in [1.29, 1.82) is 0 Å². The highest BCUT2D eigenvalue weighted by Crippen LogP contribution is 2.19. The number of carbonyl (C=O) groups excluding carboxylic acids is 2. The number of rotatable bonds is 4. The van der Waals surface area contributed by atoms with Gasteiger partial charge in [-0.1, -0.05) is 6.08 Å². The van der Waals surface area contributed by atoms with Crippen LogP contribution in [-0.4, -0.2) is 62.3 Å². The van der Waals surface area contributed by atoms with Crippen LogP contribution in [-0.2, 0) is 17.9 Å². The number of amides is 2. The number of aryl methyl sites for hydroxylation is 1. The van der Waals surface area contributed by atoms with Crippen molar-refractivity contribution >= 4 is 17.5 Å². The van der Waals surface area contributed by atoms with Crippen molar-refractivity contribution in [3.8, 4) is 0 Å². The molecule has 1 saturated heterocycles. The Morgan fingerprint density at radius 2 is 2.10 bits per heavy atom. The van der Waals surface area contributed by atoms with E-state index in [4.69, 9.17) is 0 Å². The maximum absolute atomic E-state index is 12.7. The zero-order valence-electron chi connectivity index (χ0n) is 16.8. The average molecular weight is 394 g/mol. The molecule has 4 rings (SSSR count). The third-order valence-corrected chi connectivity index (χ3v) is 5.70. The second kappa shape index (κ2) is 8.16. The second-order valence-electron chi connectivity index (χ2n) is 7.61. The Kier molecular flexibility index (Phi) is 5.44. The monoisotopic (exact) mass is 394 g/mol. The summed E-state index contributed by atoms with van der Waals surface area (Å²) in [5, 5.41) is 2.89. The van der Waals surface area contributed by atoms with Crippen LogP contribution in [0.25, 0.3) is 0 Å². The Bertz CT molecular complexity index is 950. The molecule has 2 aliphatic rings. The number of likely N-dealkylation sites (tertiary alicyclic amines) is 1. The highest BCUT2D eigenvalue weighted by atomic mass is 16.2. The highest BCUT2D eigenvalue weighted by Gasteiger charge is 2.25. The number of anilines is 1. The molecule has 0 saturated carbocycles. The molecule has 29 heavy (non-hydrogen) atoms. The molecule has 4 heterocycles. The van der Waals surface area contributed by atoms with E-state index in [0.717, 1.165) is 24.5 Å². The average Bonchev–Trinajstić information content (AvgIpc) is 3.33. The van der Waals surface area contributed by atoms with E-state index < -0.39 is 0 Å². The Balaban J connectivity index is 1.41. The third kappa shape index (κ3) is 4.07. The predicted molar refractivity (Wildman–Crippen MR) is 109 cm³/mol. The van der Waals surface area contributed by atoms with Gasteiger partial charge in [0, 0.05) is 31.4 Å². The summed E-state index contributed by atoms with van der Waals surface area (Å²) in [6, 6.07) is 3.95. The molecular weight excluding hydrogens is 368 g/mol. The molecule has 1 atom stereocenters. The van der Waals surface area contributed by atoms with Gasteiger partial charge in [-0.25, -0.2) is 4.98 Å². The summed E-state index contributed by atoms with van der Waals surface area (Å²) in [4.78, 5) is 37.9. The number of nitrogens with zero attached hydrogens (tertiary/aromatic N) is 5. The van der Waals surface area contributed by atoms with Crippen molar-refractivity contribution in [3.05, 3.63) is 53.9 Å². The largest absolute Gasteiger partial charge is 0.330 e. The van der Waals surface area contributed by atoms with Gasteiger partial charge in [0.1, 0.15) is 11.5 Å². The highest BCUT2D eigenvalue weighted by molar-refractivity contribution is 6.03. The lowest BCUT2D eigenvalue weighted by Crippen LogP contribution is -2.38. The molecule has 152 valence electrons. The number of aromatic nitrogens is 3. The first-order valence-electron chi connectivity index (χ1n) is 9.97. The molecule has 8 nitrogen and oxygen atoms in total. The van der Waals surface area contributed by atoms with Crippen molar-refractivity contribution in [2.24, 2.45) is 0 Å². The molecule has 0 spiro atoms. The van der Waals surface area contributed by atoms with Gasteiger partial charge < -0.3 is 14.8 Å². The van der Waals surface area contributed by atoms with Crippen LogP contribution >= 0.6 is 0 Å². The van der Waals surface area contributed by atoms with Crippen molar-refractivity contribution in [1.82, 2.24) is 24.3 Å². The number of hydrogen-bond acceptors (Lipinski definition) is 5. The van der Waals surface area contributed by atoms with Crippen LogP contribution in [0, 0.1) is 6.92 Å². The summed E-state index contributed by atoms with van der Waals surface area (Å²) in [6.45, 7) is 4.44. The van der Waals surface area contributed by atoms with Crippen molar-refractivity contribution in [2.45, 2.75) is 38.9 Å². The molecule has 1 unspecified atom stereocenters. The minimum atomic E-state index is -0.219. The number of nitrogens with one attached hydrogen (secondary N) is 1. The van der Waals surface area contributed by atoms with Gasteiger partial charge in [0.25, 0.3) is 5.91 Å². The van der Waals surface area contributed by atoms with Crippen LogP contribution in [0.3, 0.4) is 0 Å². The Morgan fingerprint density at radius 1 is 1.24 bits per heavy atom. The number of pyridine rings is 1. The molecule has 2 aromatic rings. The molecule has 2 aliphatic heterocycles. The fourth-order valence-electron chi connectivity index (χ4n) is 3.91. The Labute approximate surface area is 170 Å². The Hall–Kier alpha value is -3.00. The second-order valence-corrected chi connectivity index (χ2v) is 7.61. The number of hydrogen-bond donors (Lipinski definition) is 1. The molecule has 0 bridgehead atoms. The lowest BCUT2D eigenvalue weighted by molar-refractivity contribution is -0.127. The molecule has 2 aromatic heterocycles. The van der Waals surface area contributed by atoms with Gasteiger partial charge >= 0.3 is 0 Å². The molecule has 0 radical (unpaired) electrons. The van der Waals surface area contributed by atoms with Gasteiger partial charge in [0.2, 0.25) is 5.91 Å². The first kappa shape index (κ1) is 19.3. The molecular formula is C21H26N6O2. The molecule has 1 fully saturated rings. The summed E-state index contributed by atoms with van der Waals surface area (Å²) in [7, 11) is 2.09. The zero-order chi connectivity index (χ0) is 20.4. The lowest BCUT2D eigenvalue weighted by Gasteiger charge is -2.27. The summed E-state index contributed by atoms with van der Waals surface area (Å²) in [5.41, 5.74) is 1.94. The van der Waals surface area contributed by atoms with Crippen LogP contribution in [0.5, 0.6) is 0 Å². The van der Waals surface area contributed by atoms with E-state index >= 15 is 0 Å². The zero-order valence-corrected chi connectivity index (χ0v) is 16.8. The van der Waals surface area contributed by atoms with Crippen molar-refractivity contribution in [3.63, 3.8) is 0 Å². The van der Waals surface area contributed by atoms with E-state index in [1.165, 1.54) is 6.42 Å². The summed E-state index contributed by atoms with van der Waals surface area (Å²) in [5.74, 6) is 0.504. The van der Waals surface area contributed by atoms with E-state index in [2.05, 4.69) is 27.2 Å². The van der Waals surface area contributed by atoms with Gasteiger partial charge in [-0.05, 0) is 45.5 Å². The topological polar surface area (TPSA) is 83.4 Å². The number of fused-ring (bicyclic) bond motifs is 1. The summed E-state index contributed by atoms with van der Waals surface area (Å²) in [6.07, 6.45) is 9.23. The first-order valence-corrected chi connectivity index (χ1v) is 9.97.